The molecular weight excluding hydrogens is 176 g/mol. The van der Waals surface area contributed by atoms with Gasteiger partial charge in [0.25, 0.3) is 0 Å². The van der Waals surface area contributed by atoms with E-state index in [4.69, 9.17) is 5.11 Å². The maximum absolute atomic E-state index is 10.1. The topological polar surface area (TPSA) is 66.0 Å². The van der Waals surface area contributed by atoms with Crippen LogP contribution in [-0.4, -0.2) is 27.3 Å². The van der Waals surface area contributed by atoms with Crippen molar-refractivity contribution in [3.63, 3.8) is 0 Å². The van der Waals surface area contributed by atoms with E-state index < -0.39 is 5.97 Å². The van der Waals surface area contributed by atoms with E-state index >= 15 is 0 Å². The van der Waals surface area contributed by atoms with Gasteiger partial charge in [-0.25, -0.2) is 9.78 Å². The third-order valence-electron chi connectivity index (χ3n) is 1.17. The van der Waals surface area contributed by atoms with Crippen molar-refractivity contribution < 1.29 is 9.90 Å². The lowest BCUT2D eigenvalue weighted by molar-refractivity contribution is -0.131. The smallest absolute Gasteiger partial charge is 0.328 e. The Kier molecular flexibility index (Phi) is 2.93. The van der Waals surface area contributed by atoms with Crippen LogP contribution in [0.4, 0.5) is 0 Å². The van der Waals surface area contributed by atoms with Crippen LogP contribution in [0.15, 0.2) is 17.4 Å². The van der Waals surface area contributed by atoms with Crippen LogP contribution < -0.4 is 0 Å². The second-order valence-corrected chi connectivity index (χ2v) is 2.81. The van der Waals surface area contributed by atoms with Crippen molar-refractivity contribution in [1.82, 2.24) is 9.97 Å². The van der Waals surface area contributed by atoms with Crippen LogP contribution in [0.5, 0.6) is 0 Å². The first-order chi connectivity index (χ1) is 5.72. The minimum atomic E-state index is -0.963. The summed E-state index contributed by atoms with van der Waals surface area (Å²) in [7, 11) is 0. The first-order valence-corrected chi connectivity index (χ1v) is 4.45. The molecule has 64 valence electrons. The molecule has 0 radical (unpaired) electrons. The van der Waals surface area contributed by atoms with Crippen molar-refractivity contribution >= 4 is 23.8 Å². The van der Waals surface area contributed by atoms with Crippen molar-refractivity contribution in [2.45, 2.75) is 5.16 Å². The molecule has 0 saturated heterocycles. The predicted molar refractivity (Wildman–Crippen MR) is 47.0 cm³/mol. The number of H-pyrrole nitrogens is 1. The lowest BCUT2D eigenvalue weighted by Crippen LogP contribution is -1.85. The highest BCUT2D eigenvalue weighted by atomic mass is 32.2. The van der Waals surface area contributed by atoms with Crippen LogP contribution in [0.1, 0.15) is 5.69 Å². The molecule has 0 aliphatic carbocycles. The highest BCUT2D eigenvalue weighted by molar-refractivity contribution is 7.98. The Morgan fingerprint density at radius 1 is 1.83 bits per heavy atom. The van der Waals surface area contributed by atoms with Gasteiger partial charge in [0.1, 0.15) is 0 Å². The van der Waals surface area contributed by atoms with Gasteiger partial charge in [-0.1, -0.05) is 11.8 Å². The zero-order valence-corrected chi connectivity index (χ0v) is 7.26. The van der Waals surface area contributed by atoms with Gasteiger partial charge in [-0.05, 0) is 12.3 Å². The van der Waals surface area contributed by atoms with Gasteiger partial charge in [-0.3, -0.25) is 0 Å². The lowest BCUT2D eigenvalue weighted by Gasteiger charge is -1.84. The number of thioether (sulfide) groups is 1. The molecule has 0 amide bonds. The second kappa shape index (κ2) is 3.96. The van der Waals surface area contributed by atoms with Crippen LogP contribution in [0, 0.1) is 0 Å². The fourth-order valence-corrected chi connectivity index (χ4v) is 1.04. The van der Waals surface area contributed by atoms with Crippen LogP contribution >= 0.6 is 11.8 Å². The molecule has 1 aromatic heterocycles. The SMILES string of the molecule is CSc1ncc(/C=C/C(=O)O)[nH]1. The fourth-order valence-electron chi connectivity index (χ4n) is 0.666. The van der Waals surface area contributed by atoms with Crippen molar-refractivity contribution in [3.8, 4) is 0 Å². The summed E-state index contributed by atoms with van der Waals surface area (Å²) in [6.07, 6.45) is 6.02. The molecule has 5 heteroatoms. The summed E-state index contributed by atoms with van der Waals surface area (Å²) in [5, 5.41) is 9.09. The van der Waals surface area contributed by atoms with E-state index in [0.717, 1.165) is 11.2 Å². The van der Waals surface area contributed by atoms with Gasteiger partial charge >= 0.3 is 5.97 Å². The molecule has 12 heavy (non-hydrogen) atoms. The molecule has 0 aliphatic heterocycles. The second-order valence-electron chi connectivity index (χ2n) is 2.02. The quantitative estimate of drug-likeness (QED) is 0.547. The largest absolute Gasteiger partial charge is 0.478 e. The number of imidazole rings is 1. The Balaban J connectivity index is 2.70. The van der Waals surface area contributed by atoms with E-state index in [1.165, 1.54) is 17.8 Å². The highest BCUT2D eigenvalue weighted by Crippen LogP contribution is 2.09. The number of aromatic amines is 1. The summed E-state index contributed by atoms with van der Waals surface area (Å²) in [5.41, 5.74) is 0.696. The Bertz CT molecular complexity index is 306. The van der Waals surface area contributed by atoms with E-state index in [1.54, 1.807) is 6.20 Å². The van der Waals surface area contributed by atoms with Gasteiger partial charge in [-0.2, -0.15) is 0 Å². The maximum atomic E-state index is 10.1. The van der Waals surface area contributed by atoms with Gasteiger partial charge < -0.3 is 10.1 Å². The van der Waals surface area contributed by atoms with E-state index in [0.29, 0.717) is 5.69 Å². The Hall–Kier alpha value is -1.23. The molecular formula is C7H8N2O2S. The molecule has 2 N–H and O–H groups in total. The lowest BCUT2D eigenvalue weighted by atomic mass is 10.4. The first-order valence-electron chi connectivity index (χ1n) is 3.22. The monoisotopic (exact) mass is 184 g/mol. The summed E-state index contributed by atoms with van der Waals surface area (Å²) >= 11 is 1.48. The van der Waals surface area contributed by atoms with Gasteiger partial charge in [0.05, 0.1) is 11.9 Å². The molecule has 0 saturated carbocycles. The average molecular weight is 184 g/mol. The number of aromatic nitrogens is 2. The van der Waals surface area contributed by atoms with E-state index in [1.807, 2.05) is 6.26 Å². The number of rotatable bonds is 3. The number of hydrogen-bond donors (Lipinski definition) is 2. The zero-order valence-electron chi connectivity index (χ0n) is 6.44. The third-order valence-corrected chi connectivity index (χ3v) is 1.77. The zero-order chi connectivity index (χ0) is 8.97. The first kappa shape index (κ1) is 8.86. The van der Waals surface area contributed by atoms with Crippen molar-refractivity contribution in [3.05, 3.63) is 18.0 Å². The predicted octanol–water partition coefficient (Wildman–Crippen LogP) is 1.23. The Morgan fingerprint density at radius 2 is 2.58 bits per heavy atom. The van der Waals surface area contributed by atoms with Crippen molar-refractivity contribution in [1.29, 1.82) is 0 Å². The summed E-state index contributed by atoms with van der Waals surface area (Å²) in [6.45, 7) is 0. The van der Waals surface area contributed by atoms with Gasteiger partial charge in [0.15, 0.2) is 5.16 Å². The molecule has 0 atom stereocenters. The van der Waals surface area contributed by atoms with Crippen LogP contribution in [-0.2, 0) is 4.79 Å². The van der Waals surface area contributed by atoms with E-state index in [-0.39, 0.29) is 0 Å². The number of carbonyl (C=O) groups is 1. The molecule has 1 heterocycles. The molecule has 1 rings (SSSR count). The summed E-state index contributed by atoms with van der Waals surface area (Å²) < 4.78 is 0. The molecule has 4 nitrogen and oxygen atoms in total. The van der Waals surface area contributed by atoms with Gasteiger partial charge in [0, 0.05) is 6.08 Å². The molecule has 1 aromatic rings. The summed E-state index contributed by atoms with van der Waals surface area (Å²) in [5.74, 6) is -0.963. The van der Waals surface area contributed by atoms with Crippen LogP contribution in [0.3, 0.4) is 0 Å². The summed E-state index contributed by atoms with van der Waals surface area (Å²) in [6, 6.07) is 0. The number of carboxylic acid groups (broad SMARTS) is 1. The number of carboxylic acids is 1. The van der Waals surface area contributed by atoms with Gasteiger partial charge in [-0.15, -0.1) is 0 Å². The normalized spacial score (nSPS) is 10.8. The molecule has 0 unspecified atom stereocenters. The molecule has 0 aromatic carbocycles. The highest BCUT2D eigenvalue weighted by Gasteiger charge is 1.95. The minimum Gasteiger partial charge on any atom is -0.478 e. The van der Waals surface area contributed by atoms with E-state index in [2.05, 4.69) is 9.97 Å². The standard InChI is InChI=1S/C7H8N2O2S/c1-12-7-8-4-5(9-7)2-3-6(10)11/h2-4H,1H3,(H,8,9)(H,10,11)/b3-2+. The van der Waals surface area contributed by atoms with E-state index in [9.17, 15) is 4.79 Å². The average Bonchev–Trinajstić information content (AvgIpc) is 2.48. The molecule has 0 spiro atoms. The summed E-state index contributed by atoms with van der Waals surface area (Å²) in [4.78, 5) is 17.0. The molecule has 0 bridgehead atoms. The number of nitrogens with one attached hydrogen (secondary N) is 1. The Labute approximate surface area is 73.7 Å². The minimum absolute atomic E-state index is 0.696. The number of aliphatic carboxylic acids is 1. The maximum Gasteiger partial charge on any atom is 0.328 e. The van der Waals surface area contributed by atoms with Gasteiger partial charge in [0.2, 0.25) is 0 Å². The van der Waals surface area contributed by atoms with Crippen molar-refractivity contribution in [2.75, 3.05) is 6.26 Å². The molecule has 0 aliphatic rings. The van der Waals surface area contributed by atoms with Crippen LogP contribution in [0.2, 0.25) is 0 Å². The van der Waals surface area contributed by atoms with Crippen LogP contribution in [0.25, 0.3) is 6.08 Å². The number of hydrogen-bond acceptors (Lipinski definition) is 3. The van der Waals surface area contributed by atoms with Crippen molar-refractivity contribution in [2.24, 2.45) is 0 Å². The Morgan fingerprint density at radius 3 is 3.08 bits per heavy atom. The fraction of sp³-hybridized carbons (Fsp3) is 0.143. The third kappa shape index (κ3) is 2.43. The number of nitrogens with zero attached hydrogens (tertiary/aromatic N) is 1. The molecule has 0 fully saturated rings.